The van der Waals surface area contributed by atoms with Crippen LogP contribution in [0.1, 0.15) is 19.4 Å². The second kappa shape index (κ2) is 10.4. The Kier molecular flexibility index (Phi) is 7.40. The SMILES string of the molecule is C[C@H]1CN(Cc2ccc(F)cc2)CCN1[C@@H](C)C(=O)Nc1ccc(N2CCOCC2)cc1. The fourth-order valence-corrected chi connectivity index (χ4v) is 4.59. The molecule has 32 heavy (non-hydrogen) atoms. The van der Waals surface area contributed by atoms with Crippen LogP contribution in [-0.2, 0) is 16.1 Å². The zero-order chi connectivity index (χ0) is 22.5. The first-order valence-corrected chi connectivity index (χ1v) is 11.5. The highest BCUT2D eigenvalue weighted by Crippen LogP contribution is 2.21. The first-order chi connectivity index (χ1) is 15.5. The first-order valence-electron chi connectivity index (χ1n) is 11.5. The number of nitrogens with zero attached hydrogens (tertiary/aromatic N) is 3. The molecule has 0 bridgehead atoms. The molecule has 2 atom stereocenters. The molecule has 6 nitrogen and oxygen atoms in total. The quantitative estimate of drug-likeness (QED) is 0.748. The Bertz CT molecular complexity index is 884. The van der Waals surface area contributed by atoms with Crippen LogP contribution in [0.15, 0.2) is 48.5 Å². The molecule has 2 aliphatic rings. The summed E-state index contributed by atoms with van der Waals surface area (Å²) in [7, 11) is 0. The van der Waals surface area contributed by atoms with Crippen molar-refractivity contribution in [2.45, 2.75) is 32.5 Å². The molecule has 0 saturated carbocycles. The molecule has 0 unspecified atom stereocenters. The molecule has 7 heteroatoms. The van der Waals surface area contributed by atoms with Gasteiger partial charge < -0.3 is 15.0 Å². The van der Waals surface area contributed by atoms with E-state index in [9.17, 15) is 9.18 Å². The van der Waals surface area contributed by atoms with Gasteiger partial charge >= 0.3 is 0 Å². The topological polar surface area (TPSA) is 48.0 Å². The maximum Gasteiger partial charge on any atom is 0.241 e. The van der Waals surface area contributed by atoms with E-state index >= 15 is 0 Å². The molecule has 172 valence electrons. The van der Waals surface area contributed by atoms with Crippen LogP contribution < -0.4 is 10.2 Å². The van der Waals surface area contributed by atoms with Crippen LogP contribution >= 0.6 is 0 Å². The smallest absolute Gasteiger partial charge is 0.241 e. The van der Waals surface area contributed by atoms with Gasteiger partial charge in [0.2, 0.25) is 5.91 Å². The third kappa shape index (κ3) is 5.65. The number of piperazine rings is 1. The van der Waals surface area contributed by atoms with Gasteiger partial charge in [-0.1, -0.05) is 12.1 Å². The van der Waals surface area contributed by atoms with Crippen molar-refractivity contribution in [2.75, 3.05) is 56.2 Å². The van der Waals surface area contributed by atoms with Crippen molar-refractivity contribution in [1.29, 1.82) is 0 Å². The highest BCUT2D eigenvalue weighted by Gasteiger charge is 2.30. The van der Waals surface area contributed by atoms with Crippen molar-refractivity contribution in [1.82, 2.24) is 9.80 Å². The lowest BCUT2D eigenvalue weighted by Gasteiger charge is -2.42. The largest absolute Gasteiger partial charge is 0.378 e. The van der Waals surface area contributed by atoms with E-state index in [-0.39, 0.29) is 23.8 Å². The van der Waals surface area contributed by atoms with Crippen LogP contribution in [0.25, 0.3) is 0 Å². The third-order valence-corrected chi connectivity index (χ3v) is 6.47. The van der Waals surface area contributed by atoms with Crippen molar-refractivity contribution < 1.29 is 13.9 Å². The van der Waals surface area contributed by atoms with Crippen LogP contribution in [0.3, 0.4) is 0 Å². The average Bonchev–Trinajstić information content (AvgIpc) is 2.81. The standard InChI is InChI=1S/C25H33FN4O2/c1-19-17-28(18-21-3-5-22(26)6-4-21)11-12-30(19)20(2)25(31)27-23-7-9-24(10-8-23)29-13-15-32-16-14-29/h3-10,19-20H,11-18H2,1-2H3,(H,27,31)/t19-,20-/m0/s1. The molecule has 1 N–H and O–H groups in total. The minimum atomic E-state index is -0.211. The minimum absolute atomic E-state index is 0.0166. The molecule has 1 amide bonds. The third-order valence-electron chi connectivity index (χ3n) is 6.47. The Morgan fingerprint density at radius 3 is 2.41 bits per heavy atom. The van der Waals surface area contributed by atoms with Crippen LogP contribution in [0, 0.1) is 5.82 Å². The Hall–Kier alpha value is -2.48. The molecule has 2 aliphatic heterocycles. The van der Waals surface area contributed by atoms with Crippen molar-refractivity contribution >= 4 is 17.3 Å². The molecule has 0 spiro atoms. The maximum atomic E-state index is 13.1. The Morgan fingerprint density at radius 1 is 1.06 bits per heavy atom. The molecule has 2 saturated heterocycles. The lowest BCUT2D eigenvalue weighted by molar-refractivity contribution is -0.122. The van der Waals surface area contributed by atoms with Gasteiger partial charge in [0, 0.05) is 56.7 Å². The summed E-state index contributed by atoms with van der Waals surface area (Å²) in [5, 5.41) is 3.07. The van der Waals surface area contributed by atoms with E-state index in [0.717, 1.165) is 69.4 Å². The number of ether oxygens (including phenoxy) is 1. The Balaban J connectivity index is 1.28. The van der Waals surface area contributed by atoms with Crippen molar-refractivity contribution in [3.63, 3.8) is 0 Å². The van der Waals surface area contributed by atoms with Gasteiger partial charge in [0.25, 0.3) is 0 Å². The summed E-state index contributed by atoms with van der Waals surface area (Å²) in [5.74, 6) is -0.189. The van der Waals surface area contributed by atoms with Crippen LogP contribution in [0.2, 0.25) is 0 Å². The van der Waals surface area contributed by atoms with E-state index in [0.29, 0.717) is 0 Å². The number of hydrogen-bond acceptors (Lipinski definition) is 5. The average molecular weight is 441 g/mol. The Morgan fingerprint density at radius 2 is 1.75 bits per heavy atom. The summed E-state index contributed by atoms with van der Waals surface area (Å²) < 4.78 is 18.6. The number of nitrogens with one attached hydrogen (secondary N) is 1. The molecule has 2 aromatic rings. The number of hydrogen-bond donors (Lipinski definition) is 1. The highest BCUT2D eigenvalue weighted by atomic mass is 19.1. The summed E-state index contributed by atoms with van der Waals surface area (Å²) in [6.45, 7) is 10.8. The molecular formula is C25H33FN4O2. The van der Waals surface area contributed by atoms with Gasteiger partial charge in [0.05, 0.1) is 19.3 Å². The van der Waals surface area contributed by atoms with E-state index in [1.165, 1.54) is 12.1 Å². The maximum absolute atomic E-state index is 13.1. The van der Waals surface area contributed by atoms with Gasteiger partial charge in [0.15, 0.2) is 0 Å². The zero-order valence-corrected chi connectivity index (χ0v) is 19.0. The fourth-order valence-electron chi connectivity index (χ4n) is 4.59. The number of carbonyl (C=O) groups is 1. The summed E-state index contributed by atoms with van der Waals surface area (Å²) in [6, 6.07) is 14.8. The van der Waals surface area contributed by atoms with Gasteiger partial charge in [-0.05, 0) is 55.8 Å². The normalized spacial score (nSPS) is 21.3. The lowest BCUT2D eigenvalue weighted by Crippen LogP contribution is -2.57. The fraction of sp³-hybridized carbons (Fsp3) is 0.480. The second-order valence-corrected chi connectivity index (χ2v) is 8.76. The molecule has 2 fully saturated rings. The molecule has 0 radical (unpaired) electrons. The summed E-state index contributed by atoms with van der Waals surface area (Å²) in [5.41, 5.74) is 3.09. The number of morpholine rings is 1. The highest BCUT2D eigenvalue weighted by molar-refractivity contribution is 5.94. The number of halogens is 1. The molecule has 0 aliphatic carbocycles. The number of benzene rings is 2. The molecule has 2 heterocycles. The van der Waals surface area contributed by atoms with Gasteiger partial charge in [-0.25, -0.2) is 4.39 Å². The predicted molar refractivity (Wildman–Crippen MR) is 125 cm³/mol. The van der Waals surface area contributed by atoms with E-state index in [4.69, 9.17) is 4.74 Å². The molecule has 4 rings (SSSR count). The van der Waals surface area contributed by atoms with Crippen LogP contribution in [0.4, 0.5) is 15.8 Å². The second-order valence-electron chi connectivity index (χ2n) is 8.76. The summed E-state index contributed by atoms with van der Waals surface area (Å²) in [4.78, 5) is 19.8. The first kappa shape index (κ1) is 22.7. The summed E-state index contributed by atoms with van der Waals surface area (Å²) in [6.07, 6.45) is 0. The van der Waals surface area contributed by atoms with Gasteiger partial charge in [-0.2, -0.15) is 0 Å². The molecule has 2 aromatic carbocycles. The van der Waals surface area contributed by atoms with Crippen molar-refractivity contribution in [3.05, 3.63) is 59.9 Å². The number of carbonyl (C=O) groups excluding carboxylic acids is 1. The van der Waals surface area contributed by atoms with E-state index < -0.39 is 0 Å². The lowest BCUT2D eigenvalue weighted by atomic mass is 10.1. The molecule has 0 aromatic heterocycles. The number of anilines is 2. The number of rotatable bonds is 6. The van der Waals surface area contributed by atoms with E-state index in [2.05, 4.69) is 39.1 Å². The predicted octanol–water partition coefficient (Wildman–Crippen LogP) is 3.20. The Labute approximate surface area is 189 Å². The van der Waals surface area contributed by atoms with Crippen molar-refractivity contribution in [3.8, 4) is 0 Å². The van der Waals surface area contributed by atoms with Crippen molar-refractivity contribution in [2.24, 2.45) is 0 Å². The van der Waals surface area contributed by atoms with Gasteiger partial charge in [-0.15, -0.1) is 0 Å². The minimum Gasteiger partial charge on any atom is -0.378 e. The van der Waals surface area contributed by atoms with E-state index in [1.807, 2.05) is 31.2 Å². The van der Waals surface area contributed by atoms with Crippen LogP contribution in [0.5, 0.6) is 0 Å². The summed E-state index contributed by atoms with van der Waals surface area (Å²) >= 11 is 0. The molecular weight excluding hydrogens is 407 g/mol. The van der Waals surface area contributed by atoms with Gasteiger partial charge in [0.1, 0.15) is 5.82 Å². The zero-order valence-electron chi connectivity index (χ0n) is 19.0. The van der Waals surface area contributed by atoms with Crippen LogP contribution in [-0.4, -0.2) is 73.7 Å². The number of amides is 1. The van der Waals surface area contributed by atoms with Gasteiger partial charge in [-0.3, -0.25) is 14.6 Å². The monoisotopic (exact) mass is 440 g/mol. The van der Waals surface area contributed by atoms with E-state index in [1.54, 1.807) is 0 Å².